The second kappa shape index (κ2) is 4.58. The van der Waals surface area contributed by atoms with E-state index in [-0.39, 0.29) is 17.0 Å². The third kappa shape index (κ3) is 1.72. The normalized spacial score (nSPS) is 20.6. The number of hydrogen-bond acceptors (Lipinski definition) is 2. The van der Waals surface area contributed by atoms with Gasteiger partial charge in [0.2, 0.25) is 0 Å². The molecule has 1 aliphatic heterocycles. The number of halogens is 2. The lowest BCUT2D eigenvalue weighted by molar-refractivity contribution is 0.00106. The van der Waals surface area contributed by atoms with Crippen LogP contribution in [0, 0.1) is 5.82 Å². The predicted octanol–water partition coefficient (Wildman–Crippen LogP) is 3.07. The van der Waals surface area contributed by atoms with Gasteiger partial charge in [-0.25, -0.2) is 4.39 Å². The number of carbonyl (C=O) groups is 1. The molecule has 5 heteroatoms. The first-order valence-corrected chi connectivity index (χ1v) is 6.39. The van der Waals surface area contributed by atoms with Gasteiger partial charge in [-0.3, -0.25) is 4.79 Å². The van der Waals surface area contributed by atoms with E-state index in [0.29, 0.717) is 10.6 Å². The standard InChI is InChI=1S/C15H11ClFNO2/c1-20-15(9-5-7-10(16)8-6-9)13-11(14(19)18-15)3-2-4-12(13)17/h2-8H,1H3,(H,18,19). The molecule has 1 heterocycles. The minimum absolute atomic E-state index is 0.204. The number of carbonyl (C=O) groups excluding carboxylic acids is 1. The molecule has 1 aliphatic rings. The minimum Gasteiger partial charge on any atom is -0.350 e. The van der Waals surface area contributed by atoms with Crippen LogP contribution in [-0.2, 0) is 10.5 Å². The second-order valence-corrected chi connectivity index (χ2v) is 4.95. The highest BCUT2D eigenvalue weighted by atomic mass is 35.5. The zero-order valence-electron chi connectivity index (χ0n) is 10.6. The van der Waals surface area contributed by atoms with E-state index in [1.807, 2.05) is 0 Å². The Hall–Kier alpha value is -1.91. The molecule has 2 aromatic carbocycles. The van der Waals surface area contributed by atoms with E-state index in [4.69, 9.17) is 16.3 Å². The summed E-state index contributed by atoms with van der Waals surface area (Å²) in [7, 11) is 1.43. The monoisotopic (exact) mass is 291 g/mol. The van der Waals surface area contributed by atoms with Gasteiger partial charge in [0, 0.05) is 17.7 Å². The van der Waals surface area contributed by atoms with Crippen molar-refractivity contribution in [2.45, 2.75) is 5.72 Å². The van der Waals surface area contributed by atoms with Crippen molar-refractivity contribution in [1.29, 1.82) is 0 Å². The fourth-order valence-electron chi connectivity index (χ4n) is 2.53. The van der Waals surface area contributed by atoms with Crippen LogP contribution in [0.25, 0.3) is 0 Å². The smallest absolute Gasteiger partial charge is 0.254 e. The van der Waals surface area contributed by atoms with Crippen LogP contribution in [0.15, 0.2) is 42.5 Å². The van der Waals surface area contributed by atoms with Crippen molar-refractivity contribution in [1.82, 2.24) is 5.32 Å². The van der Waals surface area contributed by atoms with Crippen LogP contribution in [0.1, 0.15) is 21.5 Å². The lowest BCUT2D eigenvalue weighted by atomic mass is 9.94. The van der Waals surface area contributed by atoms with Crippen LogP contribution in [0.3, 0.4) is 0 Å². The molecule has 0 radical (unpaired) electrons. The summed E-state index contributed by atoms with van der Waals surface area (Å²) in [5.74, 6) is -0.853. The Morgan fingerprint density at radius 2 is 1.90 bits per heavy atom. The number of nitrogens with one attached hydrogen (secondary N) is 1. The largest absolute Gasteiger partial charge is 0.350 e. The van der Waals surface area contributed by atoms with E-state index in [0.717, 1.165) is 0 Å². The summed E-state index contributed by atoms with van der Waals surface area (Å²) >= 11 is 5.86. The molecule has 0 aliphatic carbocycles. The summed E-state index contributed by atoms with van der Waals surface area (Å²) < 4.78 is 19.7. The van der Waals surface area contributed by atoms with Gasteiger partial charge < -0.3 is 10.1 Å². The van der Waals surface area contributed by atoms with E-state index in [2.05, 4.69) is 5.32 Å². The highest BCUT2D eigenvalue weighted by Gasteiger charge is 2.46. The molecule has 2 aromatic rings. The third-order valence-corrected chi connectivity index (χ3v) is 3.71. The van der Waals surface area contributed by atoms with Crippen molar-refractivity contribution in [3.8, 4) is 0 Å². The van der Waals surface area contributed by atoms with Gasteiger partial charge in [-0.05, 0) is 24.3 Å². The van der Waals surface area contributed by atoms with Crippen molar-refractivity contribution in [3.63, 3.8) is 0 Å². The molecule has 1 N–H and O–H groups in total. The number of fused-ring (bicyclic) bond motifs is 1. The summed E-state index contributed by atoms with van der Waals surface area (Å²) in [6.07, 6.45) is 0. The molecule has 3 nitrogen and oxygen atoms in total. The predicted molar refractivity (Wildman–Crippen MR) is 73.1 cm³/mol. The lowest BCUT2D eigenvalue weighted by Crippen LogP contribution is -2.42. The highest BCUT2D eigenvalue weighted by molar-refractivity contribution is 6.30. The molecule has 0 saturated carbocycles. The Morgan fingerprint density at radius 1 is 1.20 bits per heavy atom. The molecule has 20 heavy (non-hydrogen) atoms. The van der Waals surface area contributed by atoms with Crippen LogP contribution >= 0.6 is 11.6 Å². The average molecular weight is 292 g/mol. The summed E-state index contributed by atoms with van der Waals surface area (Å²) in [6, 6.07) is 11.1. The highest BCUT2D eigenvalue weighted by Crippen LogP contribution is 2.39. The number of rotatable bonds is 2. The first-order chi connectivity index (χ1) is 9.58. The van der Waals surface area contributed by atoms with Gasteiger partial charge in [-0.2, -0.15) is 0 Å². The molecule has 3 rings (SSSR count). The summed E-state index contributed by atoms with van der Waals surface area (Å²) in [5.41, 5.74) is -0.222. The zero-order chi connectivity index (χ0) is 14.3. The Kier molecular flexibility index (Phi) is 3.00. The van der Waals surface area contributed by atoms with Crippen LogP contribution in [0.5, 0.6) is 0 Å². The number of hydrogen-bond donors (Lipinski definition) is 1. The van der Waals surface area contributed by atoms with E-state index in [9.17, 15) is 9.18 Å². The first kappa shape index (κ1) is 13.1. The molecule has 1 amide bonds. The zero-order valence-corrected chi connectivity index (χ0v) is 11.4. The summed E-state index contributed by atoms with van der Waals surface area (Å²) in [5, 5.41) is 3.27. The Morgan fingerprint density at radius 3 is 2.55 bits per heavy atom. The molecule has 102 valence electrons. The van der Waals surface area contributed by atoms with Crippen molar-refractivity contribution in [2.75, 3.05) is 7.11 Å². The first-order valence-electron chi connectivity index (χ1n) is 6.01. The quantitative estimate of drug-likeness (QED) is 0.923. The molecule has 1 atom stereocenters. The van der Waals surface area contributed by atoms with Gasteiger partial charge >= 0.3 is 0 Å². The fraction of sp³-hybridized carbons (Fsp3) is 0.133. The topological polar surface area (TPSA) is 38.3 Å². The molecule has 0 fully saturated rings. The van der Waals surface area contributed by atoms with Crippen molar-refractivity contribution < 1.29 is 13.9 Å². The van der Waals surface area contributed by atoms with Crippen molar-refractivity contribution in [2.24, 2.45) is 0 Å². The van der Waals surface area contributed by atoms with Gasteiger partial charge in [-0.1, -0.05) is 29.8 Å². The number of benzene rings is 2. The molecule has 0 bridgehead atoms. The van der Waals surface area contributed by atoms with E-state index in [1.165, 1.54) is 19.2 Å². The number of methoxy groups -OCH3 is 1. The Labute approximate surface area is 120 Å². The van der Waals surface area contributed by atoms with Gasteiger partial charge in [0.05, 0.1) is 11.1 Å². The number of ether oxygens (including phenoxy) is 1. The lowest BCUT2D eigenvalue weighted by Gasteiger charge is -2.29. The SMILES string of the molecule is COC1(c2ccc(Cl)cc2)NC(=O)c2cccc(F)c21. The maximum absolute atomic E-state index is 14.2. The summed E-state index contributed by atoms with van der Waals surface area (Å²) in [4.78, 5) is 12.0. The Balaban J connectivity index is 2.26. The third-order valence-electron chi connectivity index (χ3n) is 3.46. The van der Waals surface area contributed by atoms with Crippen LogP contribution in [-0.4, -0.2) is 13.0 Å². The molecule has 0 spiro atoms. The fourth-order valence-corrected chi connectivity index (χ4v) is 2.66. The molecule has 1 unspecified atom stereocenters. The molecular weight excluding hydrogens is 281 g/mol. The minimum atomic E-state index is -1.32. The van der Waals surface area contributed by atoms with E-state index < -0.39 is 11.5 Å². The molecule has 0 aromatic heterocycles. The molecule has 0 saturated heterocycles. The van der Waals surface area contributed by atoms with Gasteiger partial charge in [0.1, 0.15) is 5.82 Å². The van der Waals surface area contributed by atoms with Gasteiger partial charge in [0.25, 0.3) is 5.91 Å². The van der Waals surface area contributed by atoms with Crippen LogP contribution < -0.4 is 5.32 Å². The van der Waals surface area contributed by atoms with Crippen molar-refractivity contribution >= 4 is 17.5 Å². The average Bonchev–Trinajstić information content (AvgIpc) is 2.75. The van der Waals surface area contributed by atoms with E-state index >= 15 is 0 Å². The van der Waals surface area contributed by atoms with E-state index in [1.54, 1.807) is 30.3 Å². The summed E-state index contributed by atoms with van der Waals surface area (Å²) in [6.45, 7) is 0. The Bertz CT molecular complexity index is 687. The maximum atomic E-state index is 14.2. The van der Waals surface area contributed by atoms with Gasteiger partial charge in [-0.15, -0.1) is 0 Å². The molecular formula is C15H11ClFNO2. The van der Waals surface area contributed by atoms with Crippen LogP contribution in [0.4, 0.5) is 4.39 Å². The van der Waals surface area contributed by atoms with Gasteiger partial charge in [0.15, 0.2) is 5.72 Å². The second-order valence-electron chi connectivity index (χ2n) is 4.51. The van der Waals surface area contributed by atoms with Crippen LogP contribution in [0.2, 0.25) is 5.02 Å². The van der Waals surface area contributed by atoms with Crippen molar-refractivity contribution in [3.05, 3.63) is 70.0 Å². The maximum Gasteiger partial charge on any atom is 0.254 e. The number of amides is 1.